The zero-order valence-corrected chi connectivity index (χ0v) is 22.9. The van der Waals surface area contributed by atoms with Crippen molar-refractivity contribution in [3.8, 4) is 23.0 Å². The lowest BCUT2D eigenvalue weighted by molar-refractivity contribution is 0.202. The van der Waals surface area contributed by atoms with Crippen LogP contribution in [-0.2, 0) is 16.8 Å². The van der Waals surface area contributed by atoms with Gasteiger partial charge in [0.2, 0.25) is 5.88 Å². The summed E-state index contributed by atoms with van der Waals surface area (Å²) in [7, 11) is -4.06. The molecule has 0 fully saturated rings. The van der Waals surface area contributed by atoms with Crippen molar-refractivity contribution < 1.29 is 22.3 Å². The first-order valence-electron chi connectivity index (χ1n) is 10.6. The van der Waals surface area contributed by atoms with E-state index in [0.29, 0.717) is 16.7 Å². The van der Waals surface area contributed by atoms with Gasteiger partial charge in [-0.1, -0.05) is 40.2 Å². The van der Waals surface area contributed by atoms with Gasteiger partial charge >= 0.3 is 16.2 Å². The minimum absolute atomic E-state index is 0.0103. The van der Waals surface area contributed by atoms with E-state index in [1.165, 1.54) is 30.6 Å². The van der Waals surface area contributed by atoms with Crippen molar-refractivity contribution in [2.45, 2.75) is 6.54 Å². The second kappa shape index (κ2) is 12.4. The molecule has 2 aromatic heterocycles. The zero-order chi connectivity index (χ0) is 26.3. The molecule has 10 nitrogen and oxygen atoms in total. The number of ether oxygens (including phenoxy) is 2. The maximum Gasteiger partial charge on any atom is 0.316 e. The Morgan fingerprint density at radius 1 is 0.838 bits per heavy atom. The van der Waals surface area contributed by atoms with Crippen molar-refractivity contribution in [2.24, 2.45) is 0 Å². The highest BCUT2D eigenvalue weighted by atomic mass is 79.9. The summed E-state index contributed by atoms with van der Waals surface area (Å²) >= 11 is 6.64. The smallest absolute Gasteiger partial charge is 0.316 e. The van der Waals surface area contributed by atoms with E-state index in [4.69, 9.17) is 9.47 Å². The molecule has 14 heteroatoms. The Bertz CT molecular complexity index is 1440. The van der Waals surface area contributed by atoms with Crippen LogP contribution in [0.5, 0.6) is 11.9 Å². The second-order valence-corrected chi connectivity index (χ2v) is 10.7. The van der Waals surface area contributed by atoms with E-state index < -0.39 is 16.0 Å². The maximum absolute atomic E-state index is 13.1. The Morgan fingerprint density at radius 2 is 1.51 bits per heavy atom. The molecule has 4 aromatic rings. The highest BCUT2D eigenvalue weighted by Gasteiger charge is 2.20. The molecule has 0 saturated carbocycles. The standard InChI is InChI=1S/C23H19Br2FN6O4S/c24-17-5-3-16(4-6-17)20-21(32-37(33,34)31-11-15-1-7-19(26)8-2-15)29-14-30-22(20)35-9-10-36-23-27-12-18(25)13-28-23/h1-8,12-14,31H,9-11H2,(H,29,30,32). The van der Waals surface area contributed by atoms with Gasteiger partial charge in [0.25, 0.3) is 0 Å². The van der Waals surface area contributed by atoms with E-state index in [0.717, 1.165) is 8.95 Å². The average molecular weight is 654 g/mol. The number of anilines is 1. The minimum Gasteiger partial charge on any atom is -0.473 e. The van der Waals surface area contributed by atoms with Crippen molar-refractivity contribution in [3.05, 3.63) is 87.6 Å². The second-order valence-electron chi connectivity index (χ2n) is 7.34. The summed E-state index contributed by atoms with van der Waals surface area (Å²) in [6.07, 6.45) is 4.30. The Morgan fingerprint density at radius 3 is 2.22 bits per heavy atom. The van der Waals surface area contributed by atoms with Crippen LogP contribution in [0.1, 0.15) is 5.56 Å². The normalized spacial score (nSPS) is 11.2. The van der Waals surface area contributed by atoms with Crippen molar-refractivity contribution in [1.82, 2.24) is 24.7 Å². The molecule has 0 aliphatic rings. The zero-order valence-electron chi connectivity index (χ0n) is 18.9. The van der Waals surface area contributed by atoms with Crippen LogP contribution in [0.3, 0.4) is 0 Å². The molecule has 2 heterocycles. The Hall–Kier alpha value is -3.20. The van der Waals surface area contributed by atoms with Gasteiger partial charge in [-0.25, -0.2) is 24.3 Å². The lowest BCUT2D eigenvalue weighted by Gasteiger charge is -2.16. The quantitative estimate of drug-likeness (QED) is 0.227. The summed E-state index contributed by atoms with van der Waals surface area (Å²) in [5, 5.41) is 0. The van der Waals surface area contributed by atoms with E-state index in [9.17, 15) is 12.8 Å². The fourth-order valence-electron chi connectivity index (χ4n) is 3.02. The Kier molecular flexibility index (Phi) is 8.97. The number of halogens is 3. The first kappa shape index (κ1) is 26.9. The third-order valence-electron chi connectivity index (χ3n) is 4.71. The Balaban J connectivity index is 1.51. The number of nitrogens with one attached hydrogen (secondary N) is 2. The third-order valence-corrected chi connectivity index (χ3v) is 6.63. The van der Waals surface area contributed by atoms with Crippen LogP contribution in [0.25, 0.3) is 11.1 Å². The first-order chi connectivity index (χ1) is 17.8. The van der Waals surface area contributed by atoms with Gasteiger partial charge in [0.1, 0.15) is 25.4 Å². The van der Waals surface area contributed by atoms with Gasteiger partial charge in [-0.2, -0.15) is 13.1 Å². The average Bonchev–Trinajstić information content (AvgIpc) is 2.88. The molecule has 37 heavy (non-hydrogen) atoms. The van der Waals surface area contributed by atoms with E-state index in [-0.39, 0.29) is 37.5 Å². The molecule has 0 bridgehead atoms. The van der Waals surface area contributed by atoms with Gasteiger partial charge in [0.05, 0.1) is 10.0 Å². The van der Waals surface area contributed by atoms with Crippen LogP contribution in [0.2, 0.25) is 0 Å². The van der Waals surface area contributed by atoms with Crippen molar-refractivity contribution >= 4 is 47.9 Å². The van der Waals surface area contributed by atoms with Gasteiger partial charge in [-0.15, -0.1) is 0 Å². The van der Waals surface area contributed by atoms with Crippen LogP contribution in [0.15, 0.2) is 76.2 Å². The van der Waals surface area contributed by atoms with Crippen LogP contribution in [-0.4, -0.2) is 41.6 Å². The molecule has 0 radical (unpaired) electrons. The fraction of sp³-hybridized carbons (Fsp3) is 0.130. The fourth-order valence-corrected chi connectivity index (χ4v) is 4.33. The van der Waals surface area contributed by atoms with Crippen molar-refractivity contribution in [2.75, 3.05) is 17.9 Å². The molecular weight excluding hydrogens is 635 g/mol. The summed E-state index contributed by atoms with van der Waals surface area (Å²) in [5.74, 6) is -0.253. The highest BCUT2D eigenvalue weighted by molar-refractivity contribution is 9.10. The van der Waals surface area contributed by atoms with Crippen LogP contribution in [0, 0.1) is 5.82 Å². The Labute approximate surface area is 229 Å². The maximum atomic E-state index is 13.1. The molecule has 0 atom stereocenters. The highest BCUT2D eigenvalue weighted by Crippen LogP contribution is 2.35. The van der Waals surface area contributed by atoms with Gasteiger partial charge in [0, 0.05) is 23.4 Å². The number of hydrogen-bond donors (Lipinski definition) is 2. The lowest BCUT2D eigenvalue weighted by Crippen LogP contribution is -2.30. The molecular formula is C23H19Br2FN6O4S. The van der Waals surface area contributed by atoms with Crippen LogP contribution in [0.4, 0.5) is 10.2 Å². The number of aromatic nitrogens is 4. The summed E-state index contributed by atoms with van der Waals surface area (Å²) in [5.41, 5.74) is 1.54. The molecule has 0 spiro atoms. The summed E-state index contributed by atoms with van der Waals surface area (Å²) in [4.78, 5) is 16.4. The minimum atomic E-state index is -4.06. The molecule has 0 saturated heterocycles. The van der Waals surface area contributed by atoms with Crippen molar-refractivity contribution in [3.63, 3.8) is 0 Å². The number of benzene rings is 2. The van der Waals surface area contributed by atoms with E-state index >= 15 is 0 Å². The summed E-state index contributed by atoms with van der Waals surface area (Å²) in [6, 6.07) is 12.8. The largest absolute Gasteiger partial charge is 0.473 e. The molecule has 192 valence electrons. The summed E-state index contributed by atoms with van der Waals surface area (Å²) in [6.45, 7) is 0.147. The van der Waals surface area contributed by atoms with Crippen molar-refractivity contribution in [1.29, 1.82) is 0 Å². The van der Waals surface area contributed by atoms with E-state index in [2.05, 4.69) is 61.2 Å². The molecule has 0 unspecified atom stereocenters. The number of hydrogen-bond acceptors (Lipinski definition) is 8. The first-order valence-corrected chi connectivity index (χ1v) is 13.7. The third kappa shape index (κ3) is 7.89. The van der Waals surface area contributed by atoms with E-state index in [1.54, 1.807) is 36.7 Å². The van der Waals surface area contributed by atoms with E-state index in [1.807, 2.05) is 0 Å². The predicted molar refractivity (Wildman–Crippen MR) is 142 cm³/mol. The number of rotatable bonds is 11. The molecule has 0 amide bonds. The monoisotopic (exact) mass is 652 g/mol. The molecule has 4 rings (SSSR count). The van der Waals surface area contributed by atoms with Crippen LogP contribution < -0.4 is 18.9 Å². The van der Waals surface area contributed by atoms with Gasteiger partial charge in [-0.3, -0.25) is 4.72 Å². The molecule has 2 aromatic carbocycles. The SMILES string of the molecule is O=S(=O)(NCc1ccc(F)cc1)Nc1ncnc(OCCOc2ncc(Br)cn2)c1-c1ccc(Br)cc1. The number of nitrogens with zero attached hydrogens (tertiary/aromatic N) is 4. The molecule has 0 aliphatic carbocycles. The molecule has 2 N–H and O–H groups in total. The van der Waals surface area contributed by atoms with Gasteiger partial charge < -0.3 is 9.47 Å². The van der Waals surface area contributed by atoms with Gasteiger partial charge in [-0.05, 0) is 51.3 Å². The molecule has 0 aliphatic heterocycles. The van der Waals surface area contributed by atoms with Crippen LogP contribution >= 0.6 is 31.9 Å². The topological polar surface area (TPSA) is 128 Å². The predicted octanol–water partition coefficient (Wildman–Crippen LogP) is 4.50. The summed E-state index contributed by atoms with van der Waals surface area (Å²) < 4.78 is 56.4. The lowest BCUT2D eigenvalue weighted by atomic mass is 10.1. The van der Waals surface area contributed by atoms with Gasteiger partial charge in [0.15, 0.2) is 5.82 Å².